The Bertz CT molecular complexity index is 858. The fraction of sp³-hybridized carbons (Fsp3) is 0.667. The van der Waals surface area contributed by atoms with Gasteiger partial charge in [-0.1, -0.05) is 105 Å². The van der Waals surface area contributed by atoms with Crippen molar-refractivity contribution in [1.29, 1.82) is 0 Å². The van der Waals surface area contributed by atoms with Gasteiger partial charge >= 0.3 is 0 Å². The summed E-state index contributed by atoms with van der Waals surface area (Å²) in [6.45, 7) is 10.7. The molecule has 0 amide bonds. The first-order valence-corrected chi connectivity index (χ1v) is 17.0. The maximum absolute atomic E-state index is 10.6. The van der Waals surface area contributed by atoms with Gasteiger partial charge in [-0.25, -0.2) is 0 Å². The summed E-state index contributed by atoms with van der Waals surface area (Å²) in [5.74, 6) is 2.41. The van der Waals surface area contributed by atoms with Crippen molar-refractivity contribution in [3.05, 3.63) is 24.3 Å². The summed E-state index contributed by atoms with van der Waals surface area (Å²) >= 11 is 0. The van der Waals surface area contributed by atoms with E-state index in [-0.39, 0.29) is 11.5 Å². The average Bonchev–Trinajstić information content (AvgIpc) is 2.99. The molecule has 43 heavy (non-hydrogen) atoms. The Morgan fingerprint density at radius 3 is 0.884 bits per heavy atom. The summed E-state index contributed by atoms with van der Waals surface area (Å²) in [7, 11) is 0. The lowest BCUT2D eigenvalue weighted by atomic mass is 10.2. The number of benzene rings is 2. The second-order valence-electron chi connectivity index (χ2n) is 11.3. The lowest BCUT2D eigenvalue weighted by Gasteiger charge is -2.21. The Morgan fingerprint density at radius 1 is 0.395 bits per heavy atom. The van der Waals surface area contributed by atoms with E-state index in [1.807, 2.05) is 0 Å². The minimum atomic E-state index is 0.0463. The van der Waals surface area contributed by atoms with Gasteiger partial charge in [0.1, 0.15) is 11.5 Å². The van der Waals surface area contributed by atoms with Crippen LogP contribution < -0.4 is 23.7 Å². The van der Waals surface area contributed by atoms with Crippen molar-refractivity contribution in [2.75, 3.05) is 26.4 Å². The van der Waals surface area contributed by atoms with Gasteiger partial charge in [0.2, 0.25) is 11.5 Å². The van der Waals surface area contributed by atoms with Crippen molar-refractivity contribution in [2.24, 2.45) is 0 Å². The fourth-order valence-corrected chi connectivity index (χ4v) is 4.70. The number of phenols is 2. The summed E-state index contributed by atoms with van der Waals surface area (Å²) in [5.41, 5.74) is 0. The molecule has 2 aromatic rings. The minimum Gasteiger partial charge on any atom is -0.508 e. The van der Waals surface area contributed by atoms with Crippen LogP contribution >= 0.6 is 0 Å². The van der Waals surface area contributed by atoms with Crippen molar-refractivity contribution in [3.63, 3.8) is 0 Å². The highest BCUT2D eigenvalue weighted by atomic mass is 16.6. The van der Waals surface area contributed by atoms with Crippen molar-refractivity contribution >= 4 is 0 Å². The van der Waals surface area contributed by atoms with Crippen LogP contribution in [-0.2, 0) is 0 Å². The highest BCUT2D eigenvalue weighted by molar-refractivity contribution is 5.62. The molecule has 0 atom stereocenters. The van der Waals surface area contributed by atoms with Gasteiger partial charge in [0.25, 0.3) is 0 Å². The van der Waals surface area contributed by atoms with Gasteiger partial charge in [-0.05, 0) is 25.7 Å². The van der Waals surface area contributed by atoms with Crippen LogP contribution in [0.25, 0.3) is 0 Å². The summed E-state index contributed by atoms with van der Waals surface area (Å²) in [6, 6.07) is 6.26. The Morgan fingerprint density at radius 2 is 0.651 bits per heavy atom. The molecule has 7 nitrogen and oxygen atoms in total. The zero-order valence-electron chi connectivity index (χ0n) is 27.4. The number of unbranched alkanes of at least 4 members (excludes halogenated alkanes) is 12. The smallest absolute Gasteiger partial charge is 0.211 e. The highest BCUT2D eigenvalue weighted by Crippen LogP contribution is 2.50. The van der Waals surface area contributed by atoms with Crippen LogP contribution in [0.5, 0.6) is 46.0 Å². The average molecular weight is 603 g/mol. The van der Waals surface area contributed by atoms with Crippen molar-refractivity contribution in [1.82, 2.24) is 0 Å². The summed E-state index contributed by atoms with van der Waals surface area (Å²) in [4.78, 5) is 0. The van der Waals surface area contributed by atoms with Crippen molar-refractivity contribution < 1.29 is 33.9 Å². The minimum absolute atomic E-state index is 0.0463. The molecule has 2 rings (SSSR count). The third-order valence-corrected chi connectivity index (χ3v) is 7.24. The van der Waals surface area contributed by atoms with Gasteiger partial charge in [0.05, 0.1) is 26.4 Å². The molecule has 7 heteroatoms. The molecule has 2 N–H and O–H groups in total. The van der Waals surface area contributed by atoms with Gasteiger partial charge in [-0.15, -0.1) is 0 Å². The number of hydrogen-bond acceptors (Lipinski definition) is 7. The van der Waals surface area contributed by atoms with E-state index in [4.69, 9.17) is 23.7 Å². The largest absolute Gasteiger partial charge is 0.508 e. The van der Waals surface area contributed by atoms with E-state index in [0.717, 1.165) is 103 Å². The Labute approximate surface area is 260 Å². The van der Waals surface area contributed by atoms with Crippen LogP contribution in [0, 0.1) is 0 Å². The molecular formula is C36H58O7. The Kier molecular flexibility index (Phi) is 19.0. The maximum Gasteiger partial charge on any atom is 0.211 e. The van der Waals surface area contributed by atoms with Crippen LogP contribution in [0.3, 0.4) is 0 Å². The van der Waals surface area contributed by atoms with E-state index in [1.54, 1.807) is 24.3 Å². The van der Waals surface area contributed by atoms with E-state index < -0.39 is 0 Å². The normalized spacial score (nSPS) is 11.0. The van der Waals surface area contributed by atoms with Gasteiger partial charge in [-0.3, -0.25) is 0 Å². The topological polar surface area (TPSA) is 86.6 Å². The van der Waals surface area contributed by atoms with E-state index in [1.165, 1.54) is 0 Å². The molecule has 0 aromatic heterocycles. The molecule has 244 valence electrons. The molecule has 0 aliphatic rings. The summed E-state index contributed by atoms with van der Waals surface area (Å²) in [5, 5.41) is 21.2. The first-order chi connectivity index (χ1) is 21.0. The van der Waals surface area contributed by atoms with Gasteiger partial charge in [-0.2, -0.15) is 0 Å². The van der Waals surface area contributed by atoms with E-state index in [0.29, 0.717) is 60.9 Å². The second-order valence-corrected chi connectivity index (χ2v) is 11.3. The summed E-state index contributed by atoms with van der Waals surface area (Å²) in [6.07, 6.45) is 17.0. The van der Waals surface area contributed by atoms with Crippen LogP contribution in [0.1, 0.15) is 130 Å². The lowest BCUT2D eigenvalue weighted by molar-refractivity contribution is 0.246. The molecule has 2 aromatic carbocycles. The first-order valence-electron chi connectivity index (χ1n) is 17.0. The molecule has 0 spiro atoms. The van der Waals surface area contributed by atoms with Crippen molar-refractivity contribution in [2.45, 2.75) is 130 Å². The fourth-order valence-electron chi connectivity index (χ4n) is 4.70. The van der Waals surface area contributed by atoms with Gasteiger partial charge < -0.3 is 33.9 Å². The second kappa shape index (κ2) is 22.6. The number of phenolic OH excluding ortho intramolecular Hbond substituents is 2. The molecule has 0 bridgehead atoms. The number of ether oxygens (including phenoxy) is 5. The maximum atomic E-state index is 10.6. The Balaban J connectivity index is 2.43. The molecule has 0 saturated heterocycles. The van der Waals surface area contributed by atoms with Gasteiger partial charge in [0.15, 0.2) is 23.0 Å². The summed E-state index contributed by atoms with van der Waals surface area (Å²) < 4.78 is 31.3. The third kappa shape index (κ3) is 14.4. The lowest BCUT2D eigenvalue weighted by Crippen LogP contribution is -2.06. The molecule has 0 radical (unpaired) electrons. The van der Waals surface area contributed by atoms with Gasteiger partial charge in [0, 0.05) is 24.3 Å². The van der Waals surface area contributed by atoms with Crippen LogP contribution in [0.4, 0.5) is 0 Å². The first kappa shape index (κ1) is 36.2. The number of hydrogen-bond donors (Lipinski definition) is 2. The standard InChI is InChI=1S/C36H58O7/c1-5-9-13-17-21-39-31-25-29(37)26-32(40-22-18-14-10-6-2)35(31)43-36-33(41-23-19-15-11-7-3)27-30(38)28-34(36)42-24-20-16-12-8-4/h25-28,37-38H,5-24H2,1-4H3. The molecule has 0 heterocycles. The predicted molar refractivity (Wildman–Crippen MR) is 175 cm³/mol. The van der Waals surface area contributed by atoms with E-state index in [2.05, 4.69) is 27.7 Å². The van der Waals surface area contributed by atoms with Crippen molar-refractivity contribution in [3.8, 4) is 46.0 Å². The monoisotopic (exact) mass is 602 g/mol. The zero-order chi connectivity index (χ0) is 31.1. The quantitative estimate of drug-likeness (QED) is 0.104. The van der Waals surface area contributed by atoms with E-state index >= 15 is 0 Å². The number of aromatic hydroxyl groups is 2. The molecule has 0 aliphatic carbocycles. The molecule has 0 unspecified atom stereocenters. The molecular weight excluding hydrogens is 544 g/mol. The molecule has 0 fully saturated rings. The SMILES string of the molecule is CCCCCCOc1cc(O)cc(OCCCCCC)c1Oc1c(OCCCCCC)cc(O)cc1OCCCCCC. The molecule has 0 saturated carbocycles. The number of rotatable bonds is 26. The third-order valence-electron chi connectivity index (χ3n) is 7.24. The Hall–Kier alpha value is -2.96. The predicted octanol–water partition coefficient (Wildman–Crippen LogP) is 10.7. The highest BCUT2D eigenvalue weighted by Gasteiger charge is 2.23. The van der Waals surface area contributed by atoms with E-state index in [9.17, 15) is 10.2 Å². The zero-order valence-corrected chi connectivity index (χ0v) is 27.4. The molecule has 0 aliphatic heterocycles. The van der Waals surface area contributed by atoms with Crippen LogP contribution in [0.15, 0.2) is 24.3 Å². The van der Waals surface area contributed by atoms with Crippen LogP contribution in [-0.4, -0.2) is 36.6 Å². The van der Waals surface area contributed by atoms with Crippen LogP contribution in [0.2, 0.25) is 0 Å².